The van der Waals surface area contributed by atoms with Gasteiger partial charge in [0.1, 0.15) is 10.5 Å². The lowest BCUT2D eigenvalue weighted by molar-refractivity contribution is -0.140. The van der Waals surface area contributed by atoms with Crippen molar-refractivity contribution in [2.45, 2.75) is 118 Å². The van der Waals surface area contributed by atoms with Gasteiger partial charge in [0.2, 0.25) is 5.91 Å². The number of ether oxygens (including phenoxy) is 1. The smallest absolute Gasteiger partial charge is 0.444 e. The van der Waals surface area contributed by atoms with Gasteiger partial charge in [-0.3, -0.25) is 19.4 Å². The molecule has 4 aromatic carbocycles. The lowest BCUT2D eigenvalue weighted by Crippen LogP contribution is -2.60. The van der Waals surface area contributed by atoms with E-state index in [9.17, 15) is 44.4 Å². The normalized spacial score (nSPS) is 19.7. The van der Waals surface area contributed by atoms with Crippen LogP contribution in [0.4, 0.5) is 29.3 Å². The highest BCUT2D eigenvalue weighted by atomic mass is 35.5. The van der Waals surface area contributed by atoms with E-state index in [4.69, 9.17) is 16.3 Å². The molecule has 15 nitrogen and oxygen atoms in total. The standard InChI is InChI=1S/C61H77ClF3N7O8S3/c1-58(2,3)80-57(75)72-41-60(42-72)26-21-45(22-27-60)56(74)71-35-29-68(30-36-71)28-24-48(40-81-50-9-7-6-8-10-50)66-53-20-19-51(37-54(53)82(76,77)61(63,64)65)83(78,79)67-55(73)44-13-17-49(18-14-44)70-33-31-69(32-34-70)39-46-38-59(4,5)25-23-52(46)43-11-15-47(62)16-12-43/h6-20,37,45,48,66H,21-36,38-42H2,1-5H3,(H,67,73)/t48-/m1/s1. The predicted molar refractivity (Wildman–Crippen MR) is 320 cm³/mol. The molecular weight excluding hydrogens is 1150 g/mol. The minimum atomic E-state index is -6.14. The van der Waals surface area contributed by atoms with Gasteiger partial charge in [-0.15, -0.1) is 11.8 Å². The van der Waals surface area contributed by atoms with Gasteiger partial charge in [0.05, 0.1) is 10.6 Å². The maximum Gasteiger partial charge on any atom is 0.501 e. The second kappa shape index (κ2) is 25.3. The number of rotatable bonds is 17. The molecule has 0 aromatic heterocycles. The molecule has 4 aromatic rings. The molecule has 3 saturated heterocycles. The lowest BCUT2D eigenvalue weighted by Gasteiger charge is -2.53. The molecule has 0 radical (unpaired) electrons. The molecule has 0 bridgehead atoms. The molecule has 22 heteroatoms. The number of likely N-dealkylation sites (tertiary alicyclic amines) is 1. The number of piperazine rings is 2. The van der Waals surface area contributed by atoms with E-state index in [0.29, 0.717) is 69.1 Å². The number of halogens is 4. The SMILES string of the molecule is CC1(C)CCC(c2ccc(Cl)cc2)=C(CN2CCN(c3ccc(C(=O)NS(=O)(=O)c4ccc(N[C@H](CCN5CCN(C(=O)C6CCC7(CC6)CN(C(=O)OC(C)(C)C)C7)CC5)CSc5ccccc5)c(S(=O)(=O)C(F)(F)F)c4)cc3)CC2)C1. The summed E-state index contributed by atoms with van der Waals surface area (Å²) >= 11 is 7.64. The molecule has 2 aliphatic carbocycles. The Kier molecular flexibility index (Phi) is 19.0. The number of nitrogens with zero attached hydrogens (tertiary/aromatic N) is 5. The van der Waals surface area contributed by atoms with Gasteiger partial charge in [-0.25, -0.2) is 26.4 Å². The van der Waals surface area contributed by atoms with E-state index in [1.807, 2.05) is 72.9 Å². The molecule has 9 rings (SSSR count). The lowest BCUT2D eigenvalue weighted by atomic mass is 9.66. The van der Waals surface area contributed by atoms with Crippen LogP contribution in [0.15, 0.2) is 117 Å². The predicted octanol–water partition coefficient (Wildman–Crippen LogP) is 11.1. The highest BCUT2D eigenvalue weighted by Crippen LogP contribution is 2.47. The van der Waals surface area contributed by atoms with Crippen LogP contribution in [-0.2, 0) is 29.4 Å². The number of amides is 3. The van der Waals surface area contributed by atoms with Crippen molar-refractivity contribution in [1.82, 2.24) is 24.3 Å². The molecule has 1 spiro atoms. The molecule has 0 unspecified atom stereocenters. The van der Waals surface area contributed by atoms with Gasteiger partial charge in [-0.2, -0.15) is 13.2 Å². The summed E-state index contributed by atoms with van der Waals surface area (Å²) in [7, 11) is -11.0. The summed E-state index contributed by atoms with van der Waals surface area (Å²) in [6.45, 7) is 17.9. The number of allylic oxidation sites excluding steroid dienone is 1. The Morgan fingerprint density at radius 3 is 2.05 bits per heavy atom. The fraction of sp³-hybridized carbons (Fsp3) is 0.525. The zero-order valence-corrected chi connectivity index (χ0v) is 51.2. The Bertz CT molecular complexity index is 3220. The molecule has 5 aliphatic rings. The maximum absolute atomic E-state index is 14.5. The molecule has 3 heterocycles. The van der Waals surface area contributed by atoms with Crippen LogP contribution in [0.25, 0.3) is 5.57 Å². The molecule has 1 atom stereocenters. The van der Waals surface area contributed by atoms with Crippen LogP contribution in [0, 0.1) is 16.7 Å². The second-order valence-corrected chi connectivity index (χ2v) is 29.9. The molecule has 450 valence electrons. The molecule has 3 aliphatic heterocycles. The van der Waals surface area contributed by atoms with Crippen molar-refractivity contribution in [2.75, 3.05) is 94.5 Å². The summed E-state index contributed by atoms with van der Waals surface area (Å²) < 4.78 is 105. The summed E-state index contributed by atoms with van der Waals surface area (Å²) in [5.74, 6) is -0.710. The Balaban J connectivity index is 0.809. The third-order valence-electron chi connectivity index (χ3n) is 16.9. The monoisotopic (exact) mass is 1220 g/mol. The van der Waals surface area contributed by atoms with Crippen LogP contribution >= 0.6 is 23.4 Å². The number of anilines is 2. The van der Waals surface area contributed by atoms with E-state index < -0.39 is 58.4 Å². The van der Waals surface area contributed by atoms with Gasteiger partial charge >= 0.3 is 11.6 Å². The minimum absolute atomic E-state index is 0.0209. The van der Waals surface area contributed by atoms with E-state index in [0.717, 1.165) is 100 Å². The van der Waals surface area contributed by atoms with Crippen molar-refractivity contribution in [2.24, 2.45) is 16.7 Å². The van der Waals surface area contributed by atoms with Gasteiger partial charge in [0.25, 0.3) is 25.8 Å². The molecular formula is C61H77ClF3N7O8S3. The first-order chi connectivity index (χ1) is 39.1. The number of hydrogen-bond acceptors (Lipinski definition) is 13. The average molecular weight is 1220 g/mol. The zero-order chi connectivity index (χ0) is 59.5. The van der Waals surface area contributed by atoms with Crippen LogP contribution in [0.2, 0.25) is 5.02 Å². The number of benzene rings is 4. The molecule has 3 amide bonds. The highest BCUT2D eigenvalue weighted by Gasteiger charge is 2.50. The van der Waals surface area contributed by atoms with Gasteiger partial charge in [-0.1, -0.05) is 61.4 Å². The van der Waals surface area contributed by atoms with Crippen LogP contribution in [0.3, 0.4) is 0 Å². The number of sulfonamides is 1. The number of nitrogens with one attached hydrogen (secondary N) is 2. The molecule has 2 N–H and O–H groups in total. The zero-order valence-electron chi connectivity index (χ0n) is 48.0. The Hall–Kier alpha value is -5.32. The maximum atomic E-state index is 14.5. The quantitative estimate of drug-likeness (QED) is 0.0959. The number of hydrogen-bond donors (Lipinski definition) is 2. The first kappa shape index (κ1) is 62.2. The summed E-state index contributed by atoms with van der Waals surface area (Å²) in [4.78, 5) is 49.0. The Morgan fingerprint density at radius 2 is 1.42 bits per heavy atom. The Labute approximate surface area is 496 Å². The first-order valence-electron chi connectivity index (χ1n) is 28.7. The number of sulfone groups is 1. The fourth-order valence-electron chi connectivity index (χ4n) is 12.1. The van der Waals surface area contributed by atoms with E-state index in [-0.39, 0.29) is 34.3 Å². The van der Waals surface area contributed by atoms with Gasteiger partial charge in [-0.05, 0) is 155 Å². The van der Waals surface area contributed by atoms with Crippen molar-refractivity contribution in [3.63, 3.8) is 0 Å². The van der Waals surface area contributed by atoms with E-state index in [1.165, 1.54) is 40.6 Å². The van der Waals surface area contributed by atoms with E-state index >= 15 is 0 Å². The summed E-state index contributed by atoms with van der Waals surface area (Å²) in [5, 5.41) is 3.74. The third-order valence-corrected chi connectivity index (χ3v) is 21.1. The van der Waals surface area contributed by atoms with Gasteiger partial charge < -0.3 is 24.8 Å². The molecule has 83 heavy (non-hydrogen) atoms. The van der Waals surface area contributed by atoms with Crippen LogP contribution < -0.4 is 14.9 Å². The van der Waals surface area contributed by atoms with Crippen molar-refractivity contribution in [3.8, 4) is 0 Å². The fourth-order valence-corrected chi connectivity index (χ4v) is 15.3. The number of carbonyl (C=O) groups excluding carboxylic acids is 3. The van der Waals surface area contributed by atoms with E-state index in [2.05, 4.69) is 46.0 Å². The number of thioether (sulfide) groups is 1. The van der Waals surface area contributed by atoms with Crippen LogP contribution in [0.5, 0.6) is 0 Å². The first-order valence-corrected chi connectivity index (χ1v) is 33.0. The number of alkyl halides is 3. The second-order valence-electron chi connectivity index (χ2n) is 24.8. The number of carbonyl (C=O) groups is 3. The average Bonchev–Trinajstić information content (AvgIpc) is 3.49. The highest BCUT2D eigenvalue weighted by molar-refractivity contribution is 7.99. The van der Waals surface area contributed by atoms with Crippen molar-refractivity contribution < 1.29 is 49.1 Å². The van der Waals surface area contributed by atoms with Crippen LogP contribution in [-0.4, -0.2) is 156 Å². The van der Waals surface area contributed by atoms with E-state index in [1.54, 1.807) is 17.0 Å². The third kappa shape index (κ3) is 15.6. The summed E-state index contributed by atoms with van der Waals surface area (Å²) in [6, 6.07) is 25.6. The van der Waals surface area contributed by atoms with Crippen molar-refractivity contribution in [3.05, 3.63) is 119 Å². The Morgan fingerprint density at radius 1 is 0.783 bits per heavy atom. The molecule has 4 fully saturated rings. The van der Waals surface area contributed by atoms with Gasteiger partial charge in [0.15, 0.2) is 0 Å². The summed E-state index contributed by atoms with van der Waals surface area (Å²) in [5.41, 5.74) is -1.73. The molecule has 1 saturated carbocycles. The summed E-state index contributed by atoms with van der Waals surface area (Å²) in [6.07, 6.45) is 6.40. The van der Waals surface area contributed by atoms with Crippen LogP contribution in [0.1, 0.15) is 102 Å². The van der Waals surface area contributed by atoms with Crippen molar-refractivity contribution >= 4 is 78.1 Å². The minimum Gasteiger partial charge on any atom is -0.444 e. The van der Waals surface area contributed by atoms with Gasteiger partial charge in [0, 0.05) is 123 Å². The largest absolute Gasteiger partial charge is 0.501 e. The van der Waals surface area contributed by atoms with Crippen molar-refractivity contribution in [1.29, 1.82) is 0 Å². The topological polar surface area (TPSA) is 169 Å².